The normalized spacial score (nSPS) is 22.9. The molecule has 1 aromatic carbocycles. The van der Waals surface area contributed by atoms with Crippen molar-refractivity contribution in [1.29, 1.82) is 0 Å². The topological polar surface area (TPSA) is 62.3 Å². The number of nitrogens with one attached hydrogen (secondary N) is 1. The van der Waals surface area contributed by atoms with Gasteiger partial charge in [-0.25, -0.2) is 0 Å². The smallest absolute Gasteiger partial charge is 0.254 e. The van der Waals surface area contributed by atoms with Crippen molar-refractivity contribution >= 4 is 22.7 Å². The fourth-order valence-corrected chi connectivity index (χ4v) is 4.25. The van der Waals surface area contributed by atoms with Gasteiger partial charge in [-0.2, -0.15) is 0 Å². The first-order chi connectivity index (χ1) is 12.4. The zero-order valence-electron chi connectivity index (χ0n) is 15.6. The first-order valence-electron chi connectivity index (χ1n) is 9.41. The minimum atomic E-state index is -0.0947. The number of aromatic nitrogens is 1. The van der Waals surface area contributed by atoms with Crippen LogP contribution < -0.4 is 5.32 Å². The first-order valence-corrected chi connectivity index (χ1v) is 9.41. The van der Waals surface area contributed by atoms with E-state index in [-0.39, 0.29) is 23.8 Å². The summed E-state index contributed by atoms with van der Waals surface area (Å²) in [6.45, 7) is 7.05. The molecule has 2 fully saturated rings. The molecule has 5 nitrogen and oxygen atoms in total. The number of nitrogens with zero attached hydrogens (tertiary/aromatic N) is 2. The van der Waals surface area contributed by atoms with Crippen molar-refractivity contribution in [2.24, 2.45) is 5.92 Å². The van der Waals surface area contributed by atoms with Crippen molar-refractivity contribution in [2.45, 2.75) is 46.1 Å². The summed E-state index contributed by atoms with van der Waals surface area (Å²) in [5, 5.41) is 4.01. The zero-order valence-corrected chi connectivity index (χ0v) is 15.6. The Hall–Kier alpha value is -2.43. The number of hydrogen-bond acceptors (Lipinski definition) is 3. The molecule has 2 aliphatic rings. The Morgan fingerprint density at radius 3 is 2.81 bits per heavy atom. The van der Waals surface area contributed by atoms with E-state index in [4.69, 9.17) is 0 Å². The molecular weight excluding hydrogens is 326 g/mol. The SMILES string of the molecule is Cc1ccc2nc(C)c(C)c(C(=O)N3C[C@@H]4CCC[C@@H](C3)C(=O)N4)c2c1. The standard InChI is InChI=1S/C21H25N3O2/c1-12-7-8-18-17(9-12)19(13(2)14(3)22-18)21(26)24-10-15-5-4-6-16(11-24)23-20(15)25/h7-9,15-16H,4-6,10-11H2,1-3H3,(H,23,25)/t15-,16-/m0/s1. The Kier molecular flexibility index (Phi) is 4.17. The van der Waals surface area contributed by atoms with Crippen LogP contribution in [0.2, 0.25) is 0 Å². The lowest BCUT2D eigenvalue weighted by molar-refractivity contribution is -0.124. The molecule has 1 aromatic heterocycles. The van der Waals surface area contributed by atoms with Gasteiger partial charge in [0.05, 0.1) is 17.0 Å². The van der Waals surface area contributed by atoms with E-state index < -0.39 is 0 Å². The highest BCUT2D eigenvalue weighted by Gasteiger charge is 2.35. The van der Waals surface area contributed by atoms with E-state index >= 15 is 0 Å². The lowest BCUT2D eigenvalue weighted by Gasteiger charge is -2.28. The Balaban J connectivity index is 1.80. The van der Waals surface area contributed by atoms with E-state index in [1.165, 1.54) is 0 Å². The number of pyridine rings is 1. The monoisotopic (exact) mass is 351 g/mol. The van der Waals surface area contributed by atoms with E-state index in [1.54, 1.807) is 0 Å². The maximum Gasteiger partial charge on any atom is 0.254 e. The Morgan fingerprint density at radius 2 is 2.00 bits per heavy atom. The molecule has 4 rings (SSSR count). The van der Waals surface area contributed by atoms with Crippen molar-refractivity contribution in [3.05, 3.63) is 40.6 Å². The first kappa shape index (κ1) is 17.0. The maximum absolute atomic E-state index is 13.5. The van der Waals surface area contributed by atoms with Crippen LogP contribution in [0.15, 0.2) is 18.2 Å². The molecule has 0 aliphatic carbocycles. The Bertz CT molecular complexity index is 906. The average Bonchev–Trinajstić information content (AvgIpc) is 2.84. The van der Waals surface area contributed by atoms with E-state index in [2.05, 4.69) is 10.3 Å². The Morgan fingerprint density at radius 1 is 1.19 bits per heavy atom. The van der Waals surface area contributed by atoms with Crippen LogP contribution in [0.25, 0.3) is 10.9 Å². The number of carbonyl (C=O) groups excluding carboxylic acids is 2. The lowest BCUT2D eigenvalue weighted by Crippen LogP contribution is -2.42. The van der Waals surface area contributed by atoms with E-state index in [1.807, 2.05) is 43.9 Å². The summed E-state index contributed by atoms with van der Waals surface area (Å²) < 4.78 is 0. The van der Waals surface area contributed by atoms with Crippen LogP contribution in [0.5, 0.6) is 0 Å². The number of benzene rings is 1. The molecule has 2 atom stereocenters. The van der Waals surface area contributed by atoms with E-state index in [0.29, 0.717) is 13.1 Å². The molecule has 2 saturated heterocycles. The molecule has 2 bridgehead atoms. The van der Waals surface area contributed by atoms with Gasteiger partial charge in [0.25, 0.3) is 5.91 Å². The molecule has 2 aliphatic heterocycles. The van der Waals surface area contributed by atoms with Gasteiger partial charge < -0.3 is 10.2 Å². The predicted molar refractivity (Wildman–Crippen MR) is 101 cm³/mol. The van der Waals surface area contributed by atoms with Gasteiger partial charge in [-0.1, -0.05) is 18.1 Å². The van der Waals surface area contributed by atoms with Gasteiger partial charge in [0.2, 0.25) is 5.91 Å². The molecule has 136 valence electrons. The van der Waals surface area contributed by atoms with Gasteiger partial charge in [0, 0.05) is 30.2 Å². The molecule has 1 N–H and O–H groups in total. The third-order valence-electron chi connectivity index (χ3n) is 5.83. The number of aryl methyl sites for hydroxylation is 2. The van der Waals surface area contributed by atoms with Gasteiger partial charge in [-0.3, -0.25) is 14.6 Å². The average molecular weight is 351 g/mol. The van der Waals surface area contributed by atoms with Crippen molar-refractivity contribution in [2.75, 3.05) is 13.1 Å². The van der Waals surface area contributed by atoms with E-state index in [9.17, 15) is 9.59 Å². The summed E-state index contributed by atoms with van der Waals surface area (Å²) in [6.07, 6.45) is 2.85. The highest BCUT2D eigenvalue weighted by molar-refractivity contribution is 6.08. The third kappa shape index (κ3) is 2.85. The van der Waals surface area contributed by atoms with E-state index in [0.717, 1.165) is 52.5 Å². The minimum absolute atomic E-state index is 0.0250. The predicted octanol–water partition coefficient (Wildman–Crippen LogP) is 2.90. The van der Waals surface area contributed by atoms with Crippen LogP contribution in [0, 0.1) is 26.7 Å². The van der Waals surface area contributed by atoms with Crippen LogP contribution in [0.3, 0.4) is 0 Å². The largest absolute Gasteiger partial charge is 0.351 e. The zero-order chi connectivity index (χ0) is 18.4. The van der Waals surface area contributed by atoms with Crippen LogP contribution in [0.4, 0.5) is 0 Å². The molecule has 3 heterocycles. The van der Waals surface area contributed by atoms with Crippen molar-refractivity contribution in [1.82, 2.24) is 15.2 Å². The summed E-state index contributed by atoms with van der Waals surface area (Å²) in [4.78, 5) is 32.4. The van der Waals surface area contributed by atoms with Crippen LogP contribution in [-0.4, -0.2) is 40.8 Å². The van der Waals surface area contributed by atoms with Gasteiger partial charge in [0.1, 0.15) is 0 Å². The van der Waals surface area contributed by atoms with Crippen LogP contribution in [-0.2, 0) is 4.79 Å². The molecule has 0 saturated carbocycles. The lowest BCUT2D eigenvalue weighted by atomic mass is 9.96. The van der Waals surface area contributed by atoms with Gasteiger partial charge in [-0.15, -0.1) is 0 Å². The van der Waals surface area contributed by atoms with Crippen LogP contribution in [0.1, 0.15) is 46.4 Å². The van der Waals surface area contributed by atoms with Crippen molar-refractivity contribution in [3.8, 4) is 0 Å². The number of fused-ring (bicyclic) bond motifs is 4. The fourth-order valence-electron chi connectivity index (χ4n) is 4.25. The van der Waals surface area contributed by atoms with Crippen LogP contribution >= 0.6 is 0 Å². The maximum atomic E-state index is 13.5. The second-order valence-electron chi connectivity index (χ2n) is 7.76. The minimum Gasteiger partial charge on any atom is -0.351 e. The summed E-state index contributed by atoms with van der Waals surface area (Å²) in [5.41, 5.74) is 4.52. The quantitative estimate of drug-likeness (QED) is 0.859. The molecular formula is C21H25N3O2. The molecule has 0 spiro atoms. The fraction of sp³-hybridized carbons (Fsp3) is 0.476. The summed E-state index contributed by atoms with van der Waals surface area (Å²) in [7, 11) is 0. The molecule has 26 heavy (non-hydrogen) atoms. The molecule has 2 aromatic rings. The second kappa shape index (κ2) is 6.38. The van der Waals surface area contributed by atoms with Gasteiger partial charge in [0.15, 0.2) is 0 Å². The second-order valence-corrected chi connectivity index (χ2v) is 7.76. The highest BCUT2D eigenvalue weighted by Crippen LogP contribution is 2.28. The Labute approximate surface area is 153 Å². The molecule has 0 radical (unpaired) electrons. The summed E-state index contributed by atoms with van der Waals surface area (Å²) in [5.74, 6) is 0.0332. The number of likely N-dealkylation sites (tertiary alicyclic amines) is 1. The number of rotatable bonds is 1. The number of carbonyl (C=O) groups is 2. The van der Waals surface area contributed by atoms with Gasteiger partial charge >= 0.3 is 0 Å². The molecule has 5 heteroatoms. The molecule has 0 unspecified atom stereocenters. The highest BCUT2D eigenvalue weighted by atomic mass is 16.2. The van der Waals surface area contributed by atoms with Crippen molar-refractivity contribution in [3.63, 3.8) is 0 Å². The third-order valence-corrected chi connectivity index (χ3v) is 5.83. The number of amides is 2. The molecule has 2 amide bonds. The number of hydrogen-bond donors (Lipinski definition) is 1. The summed E-state index contributed by atoms with van der Waals surface area (Å²) in [6, 6.07) is 6.12. The van der Waals surface area contributed by atoms with Gasteiger partial charge in [-0.05, 0) is 51.3 Å². The summed E-state index contributed by atoms with van der Waals surface area (Å²) >= 11 is 0. The van der Waals surface area contributed by atoms with Crippen molar-refractivity contribution < 1.29 is 9.59 Å².